The maximum absolute atomic E-state index is 15.3. The van der Waals surface area contributed by atoms with Gasteiger partial charge in [-0.1, -0.05) is 23.7 Å². The minimum Gasteiger partial charge on any atom is -0.383 e. The standard InChI is InChI=1S/C25H25ClFN5O/c1-14-12-31(13-15(2)33-14)19-7-8-20(22(27)10-19)21-11-29-32-24(28)23(16(3)30-25(21)32)17-5-4-6-18(26)9-17/h4-11,14-15H,12-13,28H2,1-3H3/t14-,15+. The highest BCUT2D eigenvalue weighted by molar-refractivity contribution is 6.30. The second-order valence-corrected chi connectivity index (χ2v) is 9.02. The first-order valence-electron chi connectivity index (χ1n) is 10.9. The number of hydrogen-bond donors (Lipinski definition) is 1. The van der Waals surface area contributed by atoms with Gasteiger partial charge in [-0.2, -0.15) is 9.61 Å². The van der Waals surface area contributed by atoms with E-state index in [0.717, 1.165) is 35.6 Å². The van der Waals surface area contributed by atoms with E-state index < -0.39 is 0 Å². The number of hydrogen-bond acceptors (Lipinski definition) is 5. The summed E-state index contributed by atoms with van der Waals surface area (Å²) >= 11 is 6.17. The zero-order chi connectivity index (χ0) is 23.3. The number of nitrogens with two attached hydrogens (primary N) is 1. The molecule has 8 heteroatoms. The number of morpholine rings is 1. The molecule has 6 nitrogen and oxygen atoms in total. The molecule has 1 aliphatic heterocycles. The number of nitrogens with zero attached hydrogens (tertiary/aromatic N) is 4. The molecule has 170 valence electrons. The van der Waals surface area contributed by atoms with E-state index in [0.29, 0.717) is 27.6 Å². The van der Waals surface area contributed by atoms with Crippen LogP contribution in [0, 0.1) is 12.7 Å². The first-order chi connectivity index (χ1) is 15.8. The minimum atomic E-state index is -0.328. The van der Waals surface area contributed by atoms with Crippen LogP contribution in [0.3, 0.4) is 0 Å². The van der Waals surface area contributed by atoms with Crippen molar-refractivity contribution in [3.63, 3.8) is 0 Å². The van der Waals surface area contributed by atoms with E-state index in [2.05, 4.69) is 10.00 Å². The summed E-state index contributed by atoms with van der Waals surface area (Å²) in [5.41, 5.74) is 11.2. The molecule has 2 atom stereocenters. The van der Waals surface area contributed by atoms with Gasteiger partial charge in [0, 0.05) is 40.5 Å². The van der Waals surface area contributed by atoms with Crippen molar-refractivity contribution in [1.29, 1.82) is 0 Å². The molecular weight excluding hydrogens is 441 g/mol. The zero-order valence-corrected chi connectivity index (χ0v) is 19.5. The van der Waals surface area contributed by atoms with Crippen LogP contribution >= 0.6 is 11.6 Å². The average Bonchev–Trinajstić information content (AvgIpc) is 3.17. The van der Waals surface area contributed by atoms with E-state index in [1.807, 2.05) is 45.0 Å². The summed E-state index contributed by atoms with van der Waals surface area (Å²) in [4.78, 5) is 6.89. The summed E-state index contributed by atoms with van der Waals surface area (Å²) in [6.45, 7) is 7.39. The third kappa shape index (κ3) is 3.92. The van der Waals surface area contributed by atoms with Crippen molar-refractivity contribution in [2.75, 3.05) is 23.7 Å². The maximum atomic E-state index is 15.3. The Hall–Kier alpha value is -3.16. The van der Waals surface area contributed by atoms with Crippen LogP contribution in [0.15, 0.2) is 48.7 Å². The number of halogens is 2. The van der Waals surface area contributed by atoms with Gasteiger partial charge in [0.1, 0.15) is 11.6 Å². The highest BCUT2D eigenvalue weighted by atomic mass is 35.5. The van der Waals surface area contributed by atoms with Gasteiger partial charge in [0.25, 0.3) is 0 Å². The fourth-order valence-corrected chi connectivity index (χ4v) is 4.82. The van der Waals surface area contributed by atoms with Gasteiger partial charge in [0.2, 0.25) is 0 Å². The fourth-order valence-electron chi connectivity index (χ4n) is 4.63. The van der Waals surface area contributed by atoms with Crippen LogP contribution in [0.1, 0.15) is 19.5 Å². The molecule has 2 aromatic carbocycles. The van der Waals surface area contributed by atoms with Gasteiger partial charge in [0.05, 0.1) is 24.1 Å². The van der Waals surface area contributed by atoms with E-state index in [1.54, 1.807) is 28.9 Å². The monoisotopic (exact) mass is 465 g/mol. The predicted molar refractivity (Wildman–Crippen MR) is 130 cm³/mol. The third-order valence-electron chi connectivity index (χ3n) is 6.00. The number of aryl methyl sites for hydroxylation is 1. The Kier molecular flexibility index (Phi) is 5.46. The predicted octanol–water partition coefficient (Wildman–Crippen LogP) is 5.36. The molecule has 33 heavy (non-hydrogen) atoms. The van der Waals surface area contributed by atoms with Crippen molar-refractivity contribution < 1.29 is 9.13 Å². The van der Waals surface area contributed by atoms with Gasteiger partial charge in [-0.3, -0.25) is 0 Å². The Morgan fingerprint density at radius 1 is 1.09 bits per heavy atom. The molecule has 0 amide bonds. The van der Waals surface area contributed by atoms with Crippen molar-refractivity contribution in [1.82, 2.24) is 14.6 Å². The molecule has 0 spiro atoms. The lowest BCUT2D eigenvalue weighted by molar-refractivity contribution is -0.00523. The Morgan fingerprint density at radius 2 is 1.85 bits per heavy atom. The highest BCUT2D eigenvalue weighted by Gasteiger charge is 2.24. The lowest BCUT2D eigenvalue weighted by Gasteiger charge is -2.37. The van der Waals surface area contributed by atoms with E-state index >= 15 is 4.39 Å². The normalized spacial score (nSPS) is 18.8. The van der Waals surface area contributed by atoms with E-state index in [9.17, 15) is 0 Å². The van der Waals surface area contributed by atoms with Crippen molar-refractivity contribution in [2.45, 2.75) is 33.0 Å². The van der Waals surface area contributed by atoms with Gasteiger partial charge in [-0.25, -0.2) is 9.37 Å². The zero-order valence-electron chi connectivity index (χ0n) is 18.7. The number of fused-ring (bicyclic) bond motifs is 1. The first-order valence-corrected chi connectivity index (χ1v) is 11.3. The van der Waals surface area contributed by atoms with Crippen LogP contribution in [0.25, 0.3) is 27.9 Å². The molecular formula is C25H25ClFN5O. The molecule has 2 N–H and O–H groups in total. The number of anilines is 2. The quantitative estimate of drug-likeness (QED) is 0.441. The lowest BCUT2D eigenvalue weighted by Crippen LogP contribution is -2.45. The van der Waals surface area contributed by atoms with Crippen LogP contribution in [0.5, 0.6) is 0 Å². The lowest BCUT2D eigenvalue weighted by atomic mass is 10.0. The maximum Gasteiger partial charge on any atom is 0.165 e. The second kappa shape index (κ2) is 8.32. The number of ether oxygens (including phenoxy) is 1. The summed E-state index contributed by atoms with van der Waals surface area (Å²) in [7, 11) is 0. The average molecular weight is 466 g/mol. The van der Waals surface area contributed by atoms with Gasteiger partial charge >= 0.3 is 0 Å². The Bertz CT molecular complexity index is 1340. The summed E-state index contributed by atoms with van der Waals surface area (Å²) in [6, 6.07) is 12.7. The number of rotatable bonds is 3. The molecule has 4 aromatic rings. The molecule has 2 aromatic heterocycles. The topological polar surface area (TPSA) is 68.7 Å². The second-order valence-electron chi connectivity index (χ2n) is 8.59. The third-order valence-corrected chi connectivity index (χ3v) is 6.24. The van der Waals surface area contributed by atoms with Crippen LogP contribution in [-0.4, -0.2) is 39.9 Å². The van der Waals surface area contributed by atoms with Crippen molar-refractivity contribution in [3.05, 3.63) is 65.2 Å². The van der Waals surface area contributed by atoms with Gasteiger partial charge in [-0.15, -0.1) is 0 Å². The molecule has 0 radical (unpaired) electrons. The molecule has 0 saturated carbocycles. The Labute approximate surface area is 196 Å². The summed E-state index contributed by atoms with van der Waals surface area (Å²) in [5, 5.41) is 5.03. The van der Waals surface area contributed by atoms with E-state index in [1.165, 1.54) is 0 Å². The molecule has 1 aliphatic rings. The fraction of sp³-hybridized carbons (Fsp3) is 0.280. The van der Waals surface area contributed by atoms with Gasteiger partial charge in [0.15, 0.2) is 5.65 Å². The molecule has 3 heterocycles. The summed E-state index contributed by atoms with van der Waals surface area (Å²) in [5.74, 6) is 0.102. The molecule has 0 aliphatic carbocycles. The van der Waals surface area contributed by atoms with Gasteiger partial charge in [-0.05, 0) is 56.7 Å². The first kappa shape index (κ1) is 21.7. The van der Waals surface area contributed by atoms with Crippen LogP contribution in [0.4, 0.5) is 15.9 Å². The number of nitrogen functional groups attached to an aromatic ring is 1. The summed E-state index contributed by atoms with van der Waals surface area (Å²) in [6.07, 6.45) is 1.80. The molecule has 0 bridgehead atoms. The SMILES string of the molecule is Cc1nc2c(-c3ccc(N4C[C@@H](C)O[C@@H](C)C4)cc3F)cnn2c(N)c1-c1cccc(Cl)c1. The van der Waals surface area contributed by atoms with E-state index in [4.69, 9.17) is 27.1 Å². The van der Waals surface area contributed by atoms with Crippen LogP contribution in [0.2, 0.25) is 5.02 Å². The van der Waals surface area contributed by atoms with Crippen LogP contribution in [-0.2, 0) is 4.74 Å². The number of benzene rings is 2. The van der Waals surface area contributed by atoms with Crippen molar-refractivity contribution in [3.8, 4) is 22.3 Å². The molecule has 0 unspecified atom stereocenters. The van der Waals surface area contributed by atoms with Crippen molar-refractivity contribution in [2.24, 2.45) is 0 Å². The smallest absolute Gasteiger partial charge is 0.165 e. The number of aromatic nitrogens is 3. The molecule has 5 rings (SSSR count). The summed E-state index contributed by atoms with van der Waals surface area (Å²) < 4.78 is 22.7. The van der Waals surface area contributed by atoms with Gasteiger partial charge < -0.3 is 15.4 Å². The molecule has 1 saturated heterocycles. The Morgan fingerprint density at radius 3 is 2.55 bits per heavy atom. The largest absolute Gasteiger partial charge is 0.383 e. The van der Waals surface area contributed by atoms with Crippen molar-refractivity contribution >= 4 is 28.8 Å². The van der Waals surface area contributed by atoms with Crippen LogP contribution < -0.4 is 10.6 Å². The molecule has 1 fully saturated rings. The Balaban J connectivity index is 1.56. The van der Waals surface area contributed by atoms with E-state index in [-0.39, 0.29) is 18.0 Å². The highest BCUT2D eigenvalue weighted by Crippen LogP contribution is 2.35. The minimum absolute atomic E-state index is 0.0972.